The molecule has 0 aromatic carbocycles. The third-order valence-electron chi connectivity index (χ3n) is 1.96. The molecule has 1 nitrogen and oxygen atoms in total. The Morgan fingerprint density at radius 2 is 2.33 bits per heavy atom. The minimum absolute atomic E-state index is 0.443. The van der Waals surface area contributed by atoms with Crippen LogP contribution in [0.3, 0.4) is 0 Å². The third kappa shape index (κ3) is 1.38. The summed E-state index contributed by atoms with van der Waals surface area (Å²) in [4.78, 5) is 4.25. The highest BCUT2D eigenvalue weighted by atomic mass is 79.9. The van der Waals surface area contributed by atoms with Crippen LogP contribution in [0.1, 0.15) is 18.4 Å². The first-order valence-electron chi connectivity index (χ1n) is 3.65. The molecule has 2 rings (SSSR count). The van der Waals surface area contributed by atoms with Gasteiger partial charge in [-0.3, -0.25) is 0 Å². The zero-order chi connectivity index (χ0) is 8.72. The molecule has 4 heteroatoms. The summed E-state index contributed by atoms with van der Waals surface area (Å²) < 4.78 is 0.443. The van der Waals surface area contributed by atoms with Crippen molar-refractivity contribution in [3.8, 4) is 0 Å². The quantitative estimate of drug-likeness (QED) is 0.524. The van der Waals surface area contributed by atoms with Crippen LogP contribution in [-0.2, 0) is 0 Å². The average Bonchev–Trinajstić information content (AvgIpc) is 2.28. The van der Waals surface area contributed by atoms with Crippen LogP contribution < -0.4 is 0 Å². The molecule has 0 N–H and O–H groups in total. The fourth-order valence-electron chi connectivity index (χ4n) is 1.22. The second-order valence-electron chi connectivity index (χ2n) is 2.79. The summed E-state index contributed by atoms with van der Waals surface area (Å²) in [5.41, 5.74) is 1.30. The van der Waals surface area contributed by atoms with Gasteiger partial charge in [0.25, 0.3) is 0 Å². The molecular weight excluding hydrogens is 258 g/mol. The highest BCUT2D eigenvalue weighted by molar-refractivity contribution is 9.11. The third-order valence-corrected chi connectivity index (χ3v) is 4.71. The van der Waals surface area contributed by atoms with Crippen LogP contribution in [0.2, 0.25) is 5.15 Å². The van der Waals surface area contributed by atoms with Crippen LogP contribution in [0.4, 0.5) is 0 Å². The Morgan fingerprint density at radius 3 is 3.08 bits per heavy atom. The van der Waals surface area contributed by atoms with Crippen LogP contribution in [0.5, 0.6) is 0 Å². The van der Waals surface area contributed by atoms with E-state index < -0.39 is 0 Å². The molecule has 2 heterocycles. The van der Waals surface area contributed by atoms with E-state index in [0.29, 0.717) is 15.2 Å². The van der Waals surface area contributed by atoms with Crippen molar-refractivity contribution in [3.63, 3.8) is 0 Å². The first kappa shape index (κ1) is 8.85. The smallest absolute Gasteiger partial charge is 0.130 e. The van der Waals surface area contributed by atoms with Gasteiger partial charge in [-0.15, -0.1) is 0 Å². The molecule has 0 bridgehead atoms. The van der Waals surface area contributed by atoms with E-state index in [-0.39, 0.29) is 0 Å². The molecule has 0 spiro atoms. The number of nitrogens with zero attached hydrogens (tertiary/aromatic N) is 1. The van der Waals surface area contributed by atoms with E-state index >= 15 is 0 Å². The first-order valence-corrected chi connectivity index (χ1v) is 5.83. The molecular formula is C8H7BrClNS. The Balaban J connectivity index is 2.47. The van der Waals surface area contributed by atoms with Crippen molar-refractivity contribution in [2.45, 2.75) is 22.0 Å². The van der Waals surface area contributed by atoms with Crippen molar-refractivity contribution in [2.75, 3.05) is 0 Å². The van der Waals surface area contributed by atoms with Crippen LogP contribution in [-0.4, -0.2) is 9.14 Å². The molecule has 2 atom stereocenters. The second kappa shape index (κ2) is 3.20. The van der Waals surface area contributed by atoms with E-state index in [0.717, 1.165) is 5.03 Å². The molecule has 12 heavy (non-hydrogen) atoms. The number of thioether (sulfide) groups is 1. The minimum atomic E-state index is 0.443. The van der Waals surface area contributed by atoms with Gasteiger partial charge in [-0.05, 0) is 11.6 Å². The molecule has 0 amide bonds. The predicted molar refractivity (Wildman–Crippen MR) is 56.2 cm³/mol. The van der Waals surface area contributed by atoms with Crippen molar-refractivity contribution >= 4 is 39.3 Å². The largest absolute Gasteiger partial charge is 0.229 e. The van der Waals surface area contributed by atoms with Crippen molar-refractivity contribution < 1.29 is 0 Å². The van der Waals surface area contributed by atoms with Crippen molar-refractivity contribution in [1.29, 1.82) is 0 Å². The summed E-state index contributed by atoms with van der Waals surface area (Å²) in [5, 5.41) is 1.65. The number of aromatic nitrogens is 1. The maximum atomic E-state index is 5.78. The summed E-state index contributed by atoms with van der Waals surface area (Å²) in [6, 6.07) is 3.91. The van der Waals surface area contributed by atoms with Crippen LogP contribution in [0.25, 0.3) is 0 Å². The first-order chi connectivity index (χ1) is 5.68. The fourth-order valence-corrected chi connectivity index (χ4v) is 3.34. The van der Waals surface area contributed by atoms with Gasteiger partial charge in [0.1, 0.15) is 10.2 Å². The number of alkyl halides is 1. The molecule has 64 valence electrons. The number of halogens is 2. The number of hydrogen-bond donors (Lipinski definition) is 0. The van der Waals surface area contributed by atoms with Gasteiger partial charge >= 0.3 is 0 Å². The van der Waals surface area contributed by atoms with Gasteiger partial charge in [0.15, 0.2) is 0 Å². The summed E-state index contributed by atoms with van der Waals surface area (Å²) in [6.07, 6.45) is 0. The minimum Gasteiger partial charge on any atom is -0.229 e. The van der Waals surface area contributed by atoms with Crippen LogP contribution >= 0.6 is 39.3 Å². The summed E-state index contributed by atoms with van der Waals surface area (Å²) >= 11 is 11.1. The van der Waals surface area contributed by atoms with Gasteiger partial charge in [-0.25, -0.2) is 4.98 Å². The van der Waals surface area contributed by atoms with Gasteiger partial charge in [-0.2, -0.15) is 0 Å². The molecule has 0 saturated carbocycles. The second-order valence-corrected chi connectivity index (χ2v) is 5.90. The van der Waals surface area contributed by atoms with E-state index in [1.807, 2.05) is 6.07 Å². The molecule has 2 unspecified atom stereocenters. The monoisotopic (exact) mass is 263 g/mol. The lowest BCUT2D eigenvalue weighted by Crippen LogP contribution is -1.96. The van der Waals surface area contributed by atoms with Crippen molar-refractivity contribution in [1.82, 2.24) is 4.98 Å². The molecule has 1 aliphatic heterocycles. The summed E-state index contributed by atoms with van der Waals surface area (Å²) in [7, 11) is 0. The number of rotatable bonds is 0. The summed E-state index contributed by atoms with van der Waals surface area (Å²) in [5.74, 6) is 0.523. The SMILES string of the molecule is CC1c2ccc(Cl)nc2SC1Br. The normalized spacial score (nSPS) is 27.2. The maximum absolute atomic E-state index is 5.78. The summed E-state index contributed by atoms with van der Waals surface area (Å²) in [6.45, 7) is 2.19. The zero-order valence-corrected chi connectivity index (χ0v) is 9.58. The van der Waals surface area contributed by atoms with E-state index in [9.17, 15) is 0 Å². The van der Waals surface area contributed by atoms with E-state index in [1.54, 1.807) is 11.8 Å². The average molecular weight is 265 g/mol. The van der Waals surface area contributed by atoms with E-state index in [1.165, 1.54) is 5.56 Å². The highest BCUT2D eigenvalue weighted by Gasteiger charge is 2.28. The molecule has 1 aromatic heterocycles. The van der Waals surface area contributed by atoms with E-state index in [2.05, 4.69) is 33.9 Å². The maximum Gasteiger partial charge on any atom is 0.130 e. The molecule has 0 fully saturated rings. The molecule has 1 aliphatic rings. The number of fused-ring (bicyclic) bond motifs is 1. The van der Waals surface area contributed by atoms with E-state index in [4.69, 9.17) is 11.6 Å². The Morgan fingerprint density at radius 1 is 1.58 bits per heavy atom. The Bertz CT molecular complexity index is 318. The van der Waals surface area contributed by atoms with Gasteiger partial charge in [0.2, 0.25) is 0 Å². The van der Waals surface area contributed by atoms with Gasteiger partial charge in [-0.1, -0.05) is 52.3 Å². The number of hydrogen-bond acceptors (Lipinski definition) is 2. The fraction of sp³-hybridized carbons (Fsp3) is 0.375. The Labute approximate surface area is 89.0 Å². The van der Waals surface area contributed by atoms with Gasteiger partial charge in [0.05, 0.1) is 4.16 Å². The predicted octanol–water partition coefficient (Wildman–Crippen LogP) is 3.67. The molecule has 0 saturated heterocycles. The Kier molecular flexibility index (Phi) is 2.36. The standard InChI is InChI=1S/C8H7BrClNS/c1-4-5-2-3-6(10)11-8(5)12-7(4)9/h2-4,7H,1H3. The Hall–Kier alpha value is 0.270. The lowest BCUT2D eigenvalue weighted by atomic mass is 10.1. The number of pyridine rings is 1. The van der Waals surface area contributed by atoms with Crippen LogP contribution in [0, 0.1) is 0 Å². The van der Waals surface area contributed by atoms with Gasteiger partial charge in [0, 0.05) is 5.92 Å². The molecule has 1 aromatic rings. The van der Waals surface area contributed by atoms with Crippen molar-refractivity contribution in [2.24, 2.45) is 0 Å². The van der Waals surface area contributed by atoms with Crippen LogP contribution in [0.15, 0.2) is 17.2 Å². The molecule has 0 aliphatic carbocycles. The lowest BCUT2D eigenvalue weighted by Gasteiger charge is -2.05. The zero-order valence-electron chi connectivity index (χ0n) is 6.42. The van der Waals surface area contributed by atoms with Gasteiger partial charge < -0.3 is 0 Å². The highest BCUT2D eigenvalue weighted by Crippen LogP contribution is 2.47. The van der Waals surface area contributed by atoms with Crippen molar-refractivity contribution in [3.05, 3.63) is 22.8 Å². The topological polar surface area (TPSA) is 12.9 Å². The molecule has 0 radical (unpaired) electrons. The lowest BCUT2D eigenvalue weighted by molar-refractivity contribution is 0.844.